The molecular formula is C16H15BrO3. The van der Waals surface area contributed by atoms with Crippen molar-refractivity contribution >= 4 is 15.9 Å². The summed E-state index contributed by atoms with van der Waals surface area (Å²) in [6.45, 7) is 3.08. The Bertz CT molecular complexity index is 640. The van der Waals surface area contributed by atoms with Gasteiger partial charge in [-0.15, -0.1) is 0 Å². The summed E-state index contributed by atoms with van der Waals surface area (Å²) in [5.41, 5.74) is 2.73. The number of rotatable bonds is 2. The first-order valence-electron chi connectivity index (χ1n) is 6.49. The number of fused-ring (bicyclic) bond motifs is 1. The van der Waals surface area contributed by atoms with Crippen LogP contribution in [0.5, 0.6) is 11.5 Å². The minimum Gasteiger partial charge on any atom is -0.486 e. The van der Waals surface area contributed by atoms with Crippen molar-refractivity contribution in [1.82, 2.24) is 0 Å². The summed E-state index contributed by atoms with van der Waals surface area (Å²) in [5.74, 6) is 1.39. The summed E-state index contributed by atoms with van der Waals surface area (Å²) in [5, 5.41) is 10.6. The molecule has 1 atom stereocenters. The van der Waals surface area contributed by atoms with Gasteiger partial charge in [0.15, 0.2) is 11.5 Å². The first kappa shape index (κ1) is 13.5. The quantitative estimate of drug-likeness (QED) is 0.911. The maximum atomic E-state index is 10.6. The number of ether oxygens (including phenoxy) is 2. The van der Waals surface area contributed by atoms with Crippen LogP contribution in [0.2, 0.25) is 0 Å². The first-order valence-corrected chi connectivity index (χ1v) is 7.29. The highest BCUT2D eigenvalue weighted by atomic mass is 79.9. The number of aliphatic hydroxyl groups excluding tert-OH is 1. The third kappa shape index (κ3) is 2.41. The van der Waals surface area contributed by atoms with Gasteiger partial charge in [0.1, 0.15) is 19.3 Å². The van der Waals surface area contributed by atoms with Crippen molar-refractivity contribution in [3.05, 3.63) is 57.6 Å². The van der Waals surface area contributed by atoms with Crippen LogP contribution in [0.4, 0.5) is 0 Å². The van der Waals surface area contributed by atoms with E-state index in [-0.39, 0.29) is 0 Å². The van der Waals surface area contributed by atoms with Gasteiger partial charge in [-0.25, -0.2) is 0 Å². The molecule has 1 heterocycles. The van der Waals surface area contributed by atoms with Crippen molar-refractivity contribution in [2.24, 2.45) is 0 Å². The molecule has 1 N–H and O–H groups in total. The Morgan fingerprint density at radius 3 is 2.40 bits per heavy atom. The number of hydrogen-bond donors (Lipinski definition) is 1. The number of benzene rings is 2. The summed E-state index contributed by atoms with van der Waals surface area (Å²) in [6, 6.07) is 11.5. The van der Waals surface area contributed by atoms with Gasteiger partial charge in [0.2, 0.25) is 0 Å². The molecule has 0 amide bonds. The van der Waals surface area contributed by atoms with Gasteiger partial charge >= 0.3 is 0 Å². The van der Waals surface area contributed by atoms with Crippen LogP contribution in [0.25, 0.3) is 0 Å². The Balaban J connectivity index is 2.03. The van der Waals surface area contributed by atoms with E-state index < -0.39 is 6.10 Å². The molecule has 1 unspecified atom stereocenters. The monoisotopic (exact) mass is 334 g/mol. The predicted octanol–water partition coefficient (Wildman–Crippen LogP) is 3.61. The zero-order chi connectivity index (χ0) is 14.1. The molecule has 0 aromatic heterocycles. The summed E-state index contributed by atoms with van der Waals surface area (Å²) in [4.78, 5) is 0. The number of hydrogen-bond acceptors (Lipinski definition) is 3. The fraction of sp³-hybridized carbons (Fsp3) is 0.250. The van der Waals surface area contributed by atoms with E-state index in [0.717, 1.165) is 21.2 Å². The highest BCUT2D eigenvalue weighted by Crippen LogP contribution is 2.39. The molecule has 3 rings (SSSR count). The Kier molecular flexibility index (Phi) is 3.68. The highest BCUT2D eigenvalue weighted by Gasteiger charge is 2.20. The molecule has 20 heavy (non-hydrogen) atoms. The van der Waals surface area contributed by atoms with Gasteiger partial charge in [0, 0.05) is 10.0 Å². The molecule has 0 bridgehead atoms. The third-order valence-corrected chi connectivity index (χ3v) is 4.13. The smallest absolute Gasteiger partial charge is 0.162 e. The third-order valence-electron chi connectivity index (χ3n) is 3.44. The van der Waals surface area contributed by atoms with E-state index in [1.54, 1.807) is 0 Å². The van der Waals surface area contributed by atoms with E-state index in [1.807, 2.05) is 43.3 Å². The van der Waals surface area contributed by atoms with E-state index in [0.29, 0.717) is 24.7 Å². The maximum absolute atomic E-state index is 10.6. The molecule has 0 radical (unpaired) electrons. The lowest BCUT2D eigenvalue weighted by molar-refractivity contribution is 0.169. The van der Waals surface area contributed by atoms with Gasteiger partial charge in [0.05, 0.1) is 0 Å². The minimum absolute atomic E-state index is 0.536. The largest absolute Gasteiger partial charge is 0.486 e. The summed E-state index contributed by atoms with van der Waals surface area (Å²) in [6.07, 6.45) is -0.693. The van der Waals surface area contributed by atoms with E-state index in [2.05, 4.69) is 15.9 Å². The molecule has 0 saturated heterocycles. The van der Waals surface area contributed by atoms with Gasteiger partial charge < -0.3 is 14.6 Å². The Morgan fingerprint density at radius 1 is 1.05 bits per heavy atom. The topological polar surface area (TPSA) is 38.7 Å². The van der Waals surface area contributed by atoms with Crippen molar-refractivity contribution in [1.29, 1.82) is 0 Å². The zero-order valence-electron chi connectivity index (χ0n) is 11.1. The molecule has 0 spiro atoms. The molecule has 2 aromatic rings. The molecule has 3 nitrogen and oxygen atoms in total. The van der Waals surface area contributed by atoms with Crippen LogP contribution in [0.15, 0.2) is 40.9 Å². The van der Waals surface area contributed by atoms with Crippen LogP contribution in [0.3, 0.4) is 0 Å². The SMILES string of the molecule is Cc1ccccc1C(O)c1cc2c(cc1Br)OCCO2. The first-order chi connectivity index (χ1) is 9.66. The standard InChI is InChI=1S/C16H15BrO3/c1-10-4-2-3-5-11(10)16(18)12-8-14-15(9-13(12)17)20-7-6-19-14/h2-5,8-9,16,18H,6-7H2,1H3. The van der Waals surface area contributed by atoms with Crippen LogP contribution in [-0.2, 0) is 0 Å². The summed E-state index contributed by atoms with van der Waals surface area (Å²) >= 11 is 3.50. The lowest BCUT2D eigenvalue weighted by Crippen LogP contribution is -2.16. The summed E-state index contributed by atoms with van der Waals surface area (Å²) < 4.78 is 11.9. The number of halogens is 1. The van der Waals surface area contributed by atoms with Crippen LogP contribution < -0.4 is 9.47 Å². The van der Waals surface area contributed by atoms with Gasteiger partial charge in [-0.2, -0.15) is 0 Å². The van der Waals surface area contributed by atoms with Crippen molar-refractivity contribution in [2.45, 2.75) is 13.0 Å². The van der Waals surface area contributed by atoms with E-state index >= 15 is 0 Å². The van der Waals surface area contributed by atoms with Gasteiger partial charge in [-0.1, -0.05) is 40.2 Å². The molecule has 0 fully saturated rings. The van der Waals surface area contributed by atoms with Crippen molar-refractivity contribution in [3.8, 4) is 11.5 Å². The Hall–Kier alpha value is -1.52. The molecule has 2 aromatic carbocycles. The predicted molar refractivity (Wildman–Crippen MR) is 80.4 cm³/mol. The fourth-order valence-electron chi connectivity index (χ4n) is 2.35. The average Bonchev–Trinajstić information content (AvgIpc) is 2.46. The van der Waals surface area contributed by atoms with Gasteiger partial charge in [0.25, 0.3) is 0 Å². The average molecular weight is 335 g/mol. The molecule has 104 valence electrons. The minimum atomic E-state index is -0.693. The maximum Gasteiger partial charge on any atom is 0.162 e. The van der Waals surface area contributed by atoms with E-state index in [4.69, 9.17) is 9.47 Å². The zero-order valence-corrected chi connectivity index (χ0v) is 12.7. The van der Waals surface area contributed by atoms with Crippen LogP contribution >= 0.6 is 15.9 Å². The Labute approximate surface area is 126 Å². The molecule has 1 aliphatic heterocycles. The van der Waals surface area contributed by atoms with E-state index in [9.17, 15) is 5.11 Å². The van der Waals surface area contributed by atoms with Crippen molar-refractivity contribution < 1.29 is 14.6 Å². The molecule has 1 aliphatic rings. The molecule has 0 saturated carbocycles. The van der Waals surface area contributed by atoms with Gasteiger partial charge in [-0.3, -0.25) is 0 Å². The lowest BCUT2D eigenvalue weighted by Gasteiger charge is -2.22. The second kappa shape index (κ2) is 5.46. The fourth-order valence-corrected chi connectivity index (χ4v) is 2.89. The highest BCUT2D eigenvalue weighted by molar-refractivity contribution is 9.10. The normalized spacial score (nSPS) is 14.9. The van der Waals surface area contributed by atoms with Crippen LogP contribution in [-0.4, -0.2) is 18.3 Å². The summed E-state index contributed by atoms with van der Waals surface area (Å²) in [7, 11) is 0. The van der Waals surface area contributed by atoms with Crippen LogP contribution in [0, 0.1) is 6.92 Å². The second-order valence-electron chi connectivity index (χ2n) is 4.78. The van der Waals surface area contributed by atoms with Crippen molar-refractivity contribution in [3.63, 3.8) is 0 Å². The van der Waals surface area contributed by atoms with Gasteiger partial charge in [-0.05, 0) is 30.2 Å². The Morgan fingerprint density at radius 2 is 1.70 bits per heavy atom. The van der Waals surface area contributed by atoms with Crippen molar-refractivity contribution in [2.75, 3.05) is 13.2 Å². The van der Waals surface area contributed by atoms with E-state index in [1.165, 1.54) is 0 Å². The molecule has 0 aliphatic carbocycles. The van der Waals surface area contributed by atoms with Crippen LogP contribution in [0.1, 0.15) is 22.8 Å². The second-order valence-corrected chi connectivity index (χ2v) is 5.63. The number of aryl methyl sites for hydroxylation is 1. The lowest BCUT2D eigenvalue weighted by atomic mass is 9.97. The molecule has 4 heteroatoms. The number of aliphatic hydroxyl groups is 1. The molecular weight excluding hydrogens is 320 g/mol.